The summed E-state index contributed by atoms with van der Waals surface area (Å²) in [5, 5.41) is 8.01. The average Bonchev–Trinajstić information content (AvgIpc) is 3.48. The molecule has 0 saturated carbocycles. The van der Waals surface area contributed by atoms with E-state index in [0.29, 0.717) is 62.7 Å². The van der Waals surface area contributed by atoms with Gasteiger partial charge in [-0.25, -0.2) is 9.37 Å². The summed E-state index contributed by atoms with van der Waals surface area (Å²) in [7, 11) is 0. The lowest BCUT2D eigenvalue weighted by Gasteiger charge is -2.35. The molecule has 1 aromatic carbocycles. The summed E-state index contributed by atoms with van der Waals surface area (Å²) in [6.45, 7) is 7.22. The number of halogens is 2. The van der Waals surface area contributed by atoms with Crippen molar-refractivity contribution in [3.63, 3.8) is 0 Å². The van der Waals surface area contributed by atoms with Gasteiger partial charge in [0.1, 0.15) is 22.2 Å². The summed E-state index contributed by atoms with van der Waals surface area (Å²) in [5.41, 5.74) is 6.31. The van der Waals surface area contributed by atoms with E-state index in [9.17, 15) is 9.18 Å². The summed E-state index contributed by atoms with van der Waals surface area (Å²) >= 11 is 6.20. The number of amides is 1. The van der Waals surface area contributed by atoms with Crippen molar-refractivity contribution >= 4 is 46.1 Å². The van der Waals surface area contributed by atoms with E-state index in [-0.39, 0.29) is 45.7 Å². The number of pyridine rings is 1. The third-order valence-corrected chi connectivity index (χ3v) is 7.02. The standard InChI is InChI=1S/C26H27ClFN7O4/c1-2-20(36)34-6-8-35(9-7-34)24-16-3-5-31-25(39-23-17(12-29)19(30)11-18(28)21(23)27)22(16)32-26(33-24)38-14-15-4-10-37-13-15/h2-3,5,11-12,15,29H,1,4,6-10,13-14,30H2/t15-/m0/s1. The van der Waals surface area contributed by atoms with Crippen LogP contribution in [-0.4, -0.2) is 78.0 Å². The normalized spacial score (nSPS) is 17.3. The number of rotatable bonds is 8. The molecule has 2 aromatic heterocycles. The van der Waals surface area contributed by atoms with Gasteiger partial charge in [-0.15, -0.1) is 0 Å². The molecule has 39 heavy (non-hydrogen) atoms. The maximum absolute atomic E-state index is 14.4. The molecule has 0 unspecified atom stereocenters. The monoisotopic (exact) mass is 555 g/mol. The van der Waals surface area contributed by atoms with E-state index < -0.39 is 5.82 Å². The Morgan fingerprint density at radius 3 is 2.82 bits per heavy atom. The molecule has 13 heteroatoms. The van der Waals surface area contributed by atoms with Crippen LogP contribution in [0, 0.1) is 17.1 Å². The van der Waals surface area contributed by atoms with Crippen LogP contribution in [-0.2, 0) is 9.53 Å². The number of nitrogens with one attached hydrogen (secondary N) is 1. The molecule has 0 radical (unpaired) electrons. The lowest BCUT2D eigenvalue weighted by Crippen LogP contribution is -2.48. The molecule has 2 fully saturated rings. The number of benzene rings is 1. The van der Waals surface area contributed by atoms with Gasteiger partial charge in [-0.2, -0.15) is 9.97 Å². The first-order valence-electron chi connectivity index (χ1n) is 12.4. The molecule has 1 amide bonds. The van der Waals surface area contributed by atoms with E-state index in [1.165, 1.54) is 12.3 Å². The smallest absolute Gasteiger partial charge is 0.319 e. The number of hydrogen-bond acceptors (Lipinski definition) is 10. The fourth-order valence-electron chi connectivity index (χ4n) is 4.53. The Hall–Kier alpha value is -4.03. The van der Waals surface area contributed by atoms with Crippen molar-refractivity contribution in [3.8, 4) is 17.6 Å². The van der Waals surface area contributed by atoms with E-state index in [1.807, 2.05) is 4.90 Å². The van der Waals surface area contributed by atoms with Crippen molar-refractivity contribution in [1.29, 1.82) is 5.41 Å². The summed E-state index contributed by atoms with van der Waals surface area (Å²) in [5.74, 6) is -0.256. The number of aromatic nitrogens is 3. The Balaban J connectivity index is 1.55. The molecule has 0 aliphatic carbocycles. The third-order valence-electron chi connectivity index (χ3n) is 6.67. The van der Waals surface area contributed by atoms with E-state index in [1.54, 1.807) is 11.0 Å². The van der Waals surface area contributed by atoms with E-state index in [4.69, 9.17) is 41.9 Å². The summed E-state index contributed by atoms with van der Waals surface area (Å²) in [4.78, 5) is 29.4. The molecule has 0 bridgehead atoms. The van der Waals surface area contributed by atoms with Gasteiger partial charge < -0.3 is 35.2 Å². The SMILES string of the molecule is C=CC(=O)N1CCN(c2nc(OC[C@H]3CCOC3)nc3c(Oc4c(Cl)c(F)cc(N)c4C=N)nccc23)CC1. The van der Waals surface area contributed by atoms with Crippen LogP contribution < -0.4 is 20.1 Å². The first-order chi connectivity index (χ1) is 18.9. The molecular weight excluding hydrogens is 529 g/mol. The zero-order chi connectivity index (χ0) is 27.5. The Morgan fingerprint density at radius 1 is 1.33 bits per heavy atom. The predicted molar refractivity (Wildman–Crippen MR) is 145 cm³/mol. The second kappa shape index (κ2) is 11.4. The number of nitrogens with two attached hydrogens (primary N) is 1. The van der Waals surface area contributed by atoms with Crippen LogP contribution in [0.1, 0.15) is 12.0 Å². The van der Waals surface area contributed by atoms with Crippen molar-refractivity contribution in [2.75, 3.05) is 56.6 Å². The Kier molecular flexibility index (Phi) is 7.75. The maximum Gasteiger partial charge on any atom is 0.319 e. The number of fused-ring (bicyclic) bond motifs is 1. The van der Waals surface area contributed by atoms with Crippen LogP contribution >= 0.6 is 11.6 Å². The van der Waals surface area contributed by atoms with Gasteiger partial charge in [0, 0.05) is 56.8 Å². The predicted octanol–water partition coefficient (Wildman–Crippen LogP) is 3.44. The van der Waals surface area contributed by atoms with Gasteiger partial charge in [0.15, 0.2) is 5.75 Å². The molecule has 5 rings (SSSR count). The molecular formula is C26H27ClFN7O4. The number of nitrogens with zero attached hydrogens (tertiary/aromatic N) is 5. The molecule has 3 aromatic rings. The first-order valence-corrected chi connectivity index (χ1v) is 12.8. The van der Waals surface area contributed by atoms with E-state index in [0.717, 1.165) is 18.7 Å². The van der Waals surface area contributed by atoms with Gasteiger partial charge in [0.05, 0.1) is 24.2 Å². The van der Waals surface area contributed by atoms with Crippen LogP contribution in [0.5, 0.6) is 17.6 Å². The van der Waals surface area contributed by atoms with Crippen molar-refractivity contribution < 1.29 is 23.4 Å². The van der Waals surface area contributed by atoms with Crippen LogP contribution in [0.4, 0.5) is 15.9 Å². The Labute approximate surface area is 228 Å². The molecule has 11 nitrogen and oxygen atoms in total. The van der Waals surface area contributed by atoms with Crippen molar-refractivity contribution in [2.24, 2.45) is 5.92 Å². The van der Waals surface area contributed by atoms with Gasteiger partial charge in [0.2, 0.25) is 11.8 Å². The van der Waals surface area contributed by atoms with Gasteiger partial charge in [-0.3, -0.25) is 4.79 Å². The lowest BCUT2D eigenvalue weighted by atomic mass is 10.1. The minimum absolute atomic E-state index is 0.00722. The topological polar surface area (TPSA) is 140 Å². The van der Waals surface area contributed by atoms with Crippen LogP contribution in [0.15, 0.2) is 31.0 Å². The molecule has 1 atom stereocenters. The van der Waals surface area contributed by atoms with Crippen LogP contribution in [0.25, 0.3) is 10.9 Å². The highest BCUT2D eigenvalue weighted by atomic mass is 35.5. The third kappa shape index (κ3) is 5.43. The fraction of sp³-hybridized carbons (Fsp3) is 0.346. The zero-order valence-corrected chi connectivity index (χ0v) is 21.8. The number of piperazine rings is 1. The van der Waals surface area contributed by atoms with Crippen LogP contribution in [0.3, 0.4) is 0 Å². The molecule has 2 saturated heterocycles. The van der Waals surface area contributed by atoms with Crippen LogP contribution in [0.2, 0.25) is 5.02 Å². The summed E-state index contributed by atoms with van der Waals surface area (Å²) in [6, 6.07) is 2.89. The van der Waals surface area contributed by atoms with Crippen molar-refractivity contribution in [1.82, 2.24) is 19.9 Å². The van der Waals surface area contributed by atoms with Gasteiger partial charge in [0.25, 0.3) is 0 Å². The maximum atomic E-state index is 14.4. The molecule has 3 N–H and O–H groups in total. The average molecular weight is 556 g/mol. The minimum atomic E-state index is -0.792. The number of nitrogen functional groups attached to an aromatic ring is 1. The lowest BCUT2D eigenvalue weighted by molar-refractivity contribution is -0.126. The number of carbonyl (C=O) groups is 1. The highest BCUT2D eigenvalue weighted by Crippen LogP contribution is 2.40. The quantitative estimate of drug-likeness (QED) is 0.243. The number of ether oxygens (including phenoxy) is 3. The van der Waals surface area contributed by atoms with Crippen molar-refractivity contribution in [3.05, 3.63) is 47.4 Å². The minimum Gasteiger partial charge on any atom is -0.463 e. The first kappa shape index (κ1) is 26.6. The molecule has 2 aliphatic rings. The van der Waals surface area contributed by atoms with Crippen molar-refractivity contribution in [2.45, 2.75) is 6.42 Å². The molecule has 0 spiro atoms. The largest absolute Gasteiger partial charge is 0.463 e. The highest BCUT2D eigenvalue weighted by molar-refractivity contribution is 6.33. The number of hydrogen-bond donors (Lipinski definition) is 2. The van der Waals surface area contributed by atoms with E-state index >= 15 is 0 Å². The second-order valence-corrected chi connectivity index (χ2v) is 9.53. The Bertz CT molecular complexity index is 1430. The van der Waals surface area contributed by atoms with Gasteiger partial charge >= 0.3 is 6.01 Å². The number of carbonyl (C=O) groups excluding carboxylic acids is 1. The number of anilines is 2. The molecule has 204 valence electrons. The summed E-state index contributed by atoms with van der Waals surface area (Å²) < 4.78 is 31.8. The Morgan fingerprint density at radius 2 is 2.13 bits per heavy atom. The summed E-state index contributed by atoms with van der Waals surface area (Å²) in [6.07, 6.45) is 4.63. The van der Waals surface area contributed by atoms with Gasteiger partial charge in [-0.05, 0) is 24.6 Å². The fourth-order valence-corrected chi connectivity index (χ4v) is 4.73. The van der Waals surface area contributed by atoms with E-state index in [2.05, 4.69) is 16.5 Å². The second-order valence-electron chi connectivity index (χ2n) is 9.15. The zero-order valence-electron chi connectivity index (χ0n) is 21.0. The van der Waals surface area contributed by atoms with Gasteiger partial charge in [-0.1, -0.05) is 18.2 Å². The molecule has 4 heterocycles. The highest BCUT2D eigenvalue weighted by Gasteiger charge is 2.26. The molecule has 2 aliphatic heterocycles.